The maximum atomic E-state index is 2.36. The summed E-state index contributed by atoms with van der Waals surface area (Å²) in [6.07, 6.45) is 6.30. The summed E-state index contributed by atoms with van der Waals surface area (Å²) in [6.45, 7) is 0. The molecule has 152 valence electrons. The minimum atomic E-state index is 0.828. The van der Waals surface area contributed by atoms with Gasteiger partial charge in [0.05, 0.1) is 0 Å². The average molecular weight is 436 g/mol. The molecule has 2 heterocycles. The summed E-state index contributed by atoms with van der Waals surface area (Å²) in [7, 11) is 1.66. The van der Waals surface area contributed by atoms with E-state index < -0.39 is 0 Å². The van der Waals surface area contributed by atoms with E-state index in [1.165, 1.54) is 63.9 Å². The first kappa shape index (κ1) is 19.2. The molecule has 0 amide bonds. The lowest BCUT2D eigenvalue weighted by Gasteiger charge is -2.06. The van der Waals surface area contributed by atoms with Crippen molar-refractivity contribution in [2.45, 2.75) is 32.1 Å². The molecule has 6 aromatic rings. The van der Waals surface area contributed by atoms with Crippen LogP contribution < -0.4 is 0 Å². The van der Waals surface area contributed by atoms with Crippen molar-refractivity contribution >= 4 is 58.4 Å². The molecule has 0 radical (unpaired) electrons. The van der Waals surface area contributed by atoms with Gasteiger partial charge in [0.1, 0.15) is 0 Å². The Kier molecular flexibility index (Phi) is 5.07. The second-order valence-corrected chi connectivity index (χ2v) is 11.2. The molecule has 31 heavy (non-hydrogen) atoms. The Hall–Kier alpha value is -2.52. The lowest BCUT2D eigenvalue weighted by Crippen LogP contribution is -1.89. The van der Waals surface area contributed by atoms with E-state index in [0.29, 0.717) is 0 Å². The van der Waals surface area contributed by atoms with Crippen molar-refractivity contribution in [1.82, 2.24) is 0 Å². The lowest BCUT2D eigenvalue weighted by molar-refractivity contribution is 0.682. The minimum absolute atomic E-state index is 0.828. The van der Waals surface area contributed by atoms with E-state index in [4.69, 9.17) is 0 Å². The SMILES string of the molecule is c1ccc2c(c1)[pH]c1c(CCCCCc3cccc4c3[pH]c3ccccc34)cccc12. The van der Waals surface area contributed by atoms with Crippen molar-refractivity contribution in [3.8, 4) is 0 Å². The van der Waals surface area contributed by atoms with Crippen LogP contribution in [0.4, 0.5) is 0 Å². The van der Waals surface area contributed by atoms with E-state index >= 15 is 0 Å². The van der Waals surface area contributed by atoms with Gasteiger partial charge in [0, 0.05) is 10.2 Å². The van der Waals surface area contributed by atoms with E-state index in [9.17, 15) is 0 Å². The summed E-state index contributed by atoms with van der Waals surface area (Å²) in [5, 5.41) is 12.1. The third kappa shape index (κ3) is 3.49. The van der Waals surface area contributed by atoms with Crippen LogP contribution in [0.3, 0.4) is 0 Å². The Morgan fingerprint density at radius 3 is 1.39 bits per heavy atom. The van der Waals surface area contributed by atoms with E-state index in [1.807, 2.05) is 0 Å². The van der Waals surface area contributed by atoms with Crippen LogP contribution in [-0.2, 0) is 12.8 Å². The van der Waals surface area contributed by atoms with E-state index in [0.717, 1.165) is 16.4 Å². The van der Waals surface area contributed by atoms with E-state index in [1.54, 1.807) is 21.4 Å². The minimum Gasteiger partial charge on any atom is -0.123 e. The van der Waals surface area contributed by atoms with E-state index in [2.05, 4.69) is 84.9 Å². The number of rotatable bonds is 6. The number of benzene rings is 4. The fourth-order valence-electron chi connectivity index (χ4n) is 5.09. The molecule has 2 unspecified atom stereocenters. The molecule has 6 rings (SSSR count). The highest BCUT2D eigenvalue weighted by atomic mass is 31.0. The predicted molar refractivity (Wildman–Crippen MR) is 143 cm³/mol. The molecule has 2 atom stereocenters. The molecular formula is C29H26P2. The maximum absolute atomic E-state index is 2.36. The van der Waals surface area contributed by atoms with Crippen molar-refractivity contribution in [2.75, 3.05) is 0 Å². The van der Waals surface area contributed by atoms with Gasteiger partial charge in [-0.3, -0.25) is 0 Å². The summed E-state index contributed by atoms with van der Waals surface area (Å²) in [5.74, 6) is 0. The Labute approximate surface area is 186 Å². The van der Waals surface area contributed by atoms with Crippen LogP contribution >= 0.6 is 16.4 Å². The zero-order valence-electron chi connectivity index (χ0n) is 17.6. The Bertz CT molecular complexity index is 1400. The highest BCUT2D eigenvalue weighted by molar-refractivity contribution is 7.44. The largest absolute Gasteiger partial charge is 0.123 e. The van der Waals surface area contributed by atoms with Gasteiger partial charge in [-0.1, -0.05) is 91.3 Å². The molecule has 0 N–H and O–H groups in total. The third-order valence-corrected chi connectivity index (χ3v) is 9.74. The van der Waals surface area contributed by atoms with Crippen molar-refractivity contribution in [2.24, 2.45) is 0 Å². The maximum Gasteiger partial charge on any atom is 0.00259 e. The van der Waals surface area contributed by atoms with Crippen LogP contribution in [0.5, 0.6) is 0 Å². The first-order chi connectivity index (χ1) is 15.4. The molecule has 0 bridgehead atoms. The van der Waals surface area contributed by atoms with Crippen molar-refractivity contribution in [3.63, 3.8) is 0 Å². The fourth-order valence-corrected chi connectivity index (χ4v) is 8.14. The van der Waals surface area contributed by atoms with Crippen LogP contribution in [0.25, 0.3) is 42.0 Å². The molecule has 0 aliphatic carbocycles. The van der Waals surface area contributed by atoms with Crippen molar-refractivity contribution < 1.29 is 0 Å². The molecule has 0 aliphatic heterocycles. The quantitative estimate of drug-likeness (QED) is 0.228. The monoisotopic (exact) mass is 436 g/mol. The Morgan fingerprint density at radius 1 is 0.419 bits per heavy atom. The third-order valence-electron chi connectivity index (χ3n) is 6.65. The van der Waals surface area contributed by atoms with Crippen LogP contribution in [0, 0.1) is 0 Å². The van der Waals surface area contributed by atoms with Gasteiger partial charge < -0.3 is 0 Å². The number of hydrogen-bond donors (Lipinski definition) is 0. The van der Waals surface area contributed by atoms with Crippen molar-refractivity contribution in [3.05, 3.63) is 96.1 Å². The Balaban J connectivity index is 1.15. The molecule has 0 aliphatic rings. The van der Waals surface area contributed by atoms with Gasteiger partial charge in [-0.05, 0) is 68.6 Å². The zero-order chi connectivity index (χ0) is 20.6. The predicted octanol–water partition coefficient (Wildman–Crippen LogP) is 9.32. The van der Waals surface area contributed by atoms with Gasteiger partial charge in [-0.25, -0.2) is 0 Å². The normalized spacial score (nSPS) is 12.4. The molecule has 4 aromatic carbocycles. The summed E-state index contributed by atoms with van der Waals surface area (Å²) in [5.41, 5.74) is 3.15. The van der Waals surface area contributed by atoms with Crippen LogP contribution in [-0.4, -0.2) is 0 Å². The molecule has 2 heteroatoms. The van der Waals surface area contributed by atoms with Gasteiger partial charge in [-0.2, -0.15) is 0 Å². The second kappa shape index (κ2) is 8.20. The second-order valence-electron chi connectivity index (χ2n) is 8.58. The molecule has 2 aromatic heterocycles. The highest BCUT2D eigenvalue weighted by Gasteiger charge is 2.09. The number of fused-ring (bicyclic) bond motifs is 6. The van der Waals surface area contributed by atoms with Gasteiger partial charge in [0.15, 0.2) is 0 Å². The summed E-state index contributed by atoms with van der Waals surface area (Å²) in [6, 6.07) is 31.7. The summed E-state index contributed by atoms with van der Waals surface area (Å²) in [4.78, 5) is 0. The average Bonchev–Trinajstić information content (AvgIpc) is 3.38. The van der Waals surface area contributed by atoms with Crippen LogP contribution in [0.1, 0.15) is 30.4 Å². The molecule has 0 saturated heterocycles. The fraction of sp³-hybridized carbons (Fsp3) is 0.172. The van der Waals surface area contributed by atoms with E-state index in [-0.39, 0.29) is 0 Å². The summed E-state index contributed by atoms with van der Waals surface area (Å²) >= 11 is 0. The molecule has 0 fully saturated rings. The number of aryl methyl sites for hydroxylation is 2. The van der Waals surface area contributed by atoms with Gasteiger partial charge in [0.25, 0.3) is 0 Å². The first-order valence-corrected chi connectivity index (χ1v) is 13.3. The molecule has 0 nitrogen and oxygen atoms in total. The first-order valence-electron chi connectivity index (χ1n) is 11.3. The molecular weight excluding hydrogens is 410 g/mol. The smallest absolute Gasteiger partial charge is 0.00259 e. The Morgan fingerprint density at radius 2 is 0.871 bits per heavy atom. The highest BCUT2D eigenvalue weighted by Crippen LogP contribution is 2.41. The van der Waals surface area contributed by atoms with Gasteiger partial charge in [0.2, 0.25) is 0 Å². The lowest BCUT2D eigenvalue weighted by atomic mass is 10.0. The number of hydrogen-bond acceptors (Lipinski definition) is 0. The van der Waals surface area contributed by atoms with Crippen LogP contribution in [0.15, 0.2) is 84.9 Å². The molecule has 0 spiro atoms. The zero-order valence-corrected chi connectivity index (χ0v) is 19.6. The topological polar surface area (TPSA) is 0 Å². The van der Waals surface area contributed by atoms with Gasteiger partial charge in [-0.15, -0.1) is 16.4 Å². The van der Waals surface area contributed by atoms with Gasteiger partial charge >= 0.3 is 0 Å². The van der Waals surface area contributed by atoms with Crippen LogP contribution in [0.2, 0.25) is 0 Å². The molecule has 0 saturated carbocycles. The number of unbranched alkanes of at least 4 members (excludes halogenated alkanes) is 2. The standard InChI is InChI=1S/C29H26P2/c1(2-10-20-12-8-16-24-22-14-4-6-18-26(22)30-28(20)24)3-11-21-13-9-17-25-23-15-5-7-19-27(23)31-29(21)25/h4-9,12-19,30-31H,1-3,10-11H2. The summed E-state index contributed by atoms with van der Waals surface area (Å²) < 4.78 is 0. The van der Waals surface area contributed by atoms with Crippen molar-refractivity contribution in [1.29, 1.82) is 0 Å².